The zero-order valence-electron chi connectivity index (χ0n) is 8.76. The fraction of sp³-hybridized carbons (Fsp3) is 0.200. The SMILES string of the molecule is CC(=O)OC(=O)c1cccc(S(C)(=O)=O)c1. The molecule has 0 spiro atoms. The number of ether oxygens (including phenoxy) is 1. The quantitative estimate of drug-likeness (QED) is 0.566. The third-order valence-corrected chi connectivity index (χ3v) is 2.84. The molecule has 0 atom stereocenters. The average Bonchev–Trinajstić information content (AvgIpc) is 2.15. The number of carbonyl (C=O) groups excluding carboxylic acids is 2. The normalized spacial score (nSPS) is 10.9. The molecular formula is C10H10O5S. The highest BCUT2D eigenvalue weighted by Crippen LogP contribution is 2.12. The summed E-state index contributed by atoms with van der Waals surface area (Å²) in [6.45, 7) is 1.10. The van der Waals surface area contributed by atoms with Crippen LogP contribution in [0.4, 0.5) is 0 Å². The molecule has 0 saturated heterocycles. The van der Waals surface area contributed by atoms with Gasteiger partial charge in [0.05, 0.1) is 10.5 Å². The van der Waals surface area contributed by atoms with Gasteiger partial charge in [-0.05, 0) is 18.2 Å². The Hall–Kier alpha value is -1.69. The van der Waals surface area contributed by atoms with E-state index in [1.807, 2.05) is 0 Å². The van der Waals surface area contributed by atoms with Gasteiger partial charge in [-0.1, -0.05) is 6.07 Å². The van der Waals surface area contributed by atoms with E-state index in [9.17, 15) is 18.0 Å². The zero-order valence-corrected chi connectivity index (χ0v) is 9.58. The maximum absolute atomic E-state index is 11.3. The average molecular weight is 242 g/mol. The van der Waals surface area contributed by atoms with Crippen molar-refractivity contribution in [3.63, 3.8) is 0 Å². The van der Waals surface area contributed by atoms with E-state index in [0.717, 1.165) is 13.2 Å². The first-order chi connectivity index (χ1) is 7.30. The second kappa shape index (κ2) is 4.44. The van der Waals surface area contributed by atoms with E-state index in [1.54, 1.807) is 0 Å². The molecule has 0 aromatic heterocycles. The summed E-state index contributed by atoms with van der Waals surface area (Å²) in [4.78, 5) is 21.8. The smallest absolute Gasteiger partial charge is 0.345 e. The molecule has 5 nitrogen and oxygen atoms in total. The molecule has 6 heteroatoms. The van der Waals surface area contributed by atoms with Crippen molar-refractivity contribution in [2.75, 3.05) is 6.26 Å². The van der Waals surface area contributed by atoms with E-state index in [1.165, 1.54) is 24.3 Å². The van der Waals surface area contributed by atoms with Gasteiger partial charge in [-0.25, -0.2) is 13.2 Å². The van der Waals surface area contributed by atoms with Gasteiger partial charge in [-0.3, -0.25) is 4.79 Å². The number of hydrogen-bond donors (Lipinski definition) is 0. The summed E-state index contributed by atoms with van der Waals surface area (Å²) >= 11 is 0. The Morgan fingerprint density at radius 1 is 1.25 bits per heavy atom. The summed E-state index contributed by atoms with van der Waals surface area (Å²) in [6.07, 6.45) is 1.03. The van der Waals surface area contributed by atoms with Crippen molar-refractivity contribution >= 4 is 21.8 Å². The molecule has 0 aliphatic heterocycles. The van der Waals surface area contributed by atoms with Gasteiger partial charge in [-0.2, -0.15) is 0 Å². The van der Waals surface area contributed by atoms with E-state index in [0.29, 0.717) is 0 Å². The van der Waals surface area contributed by atoms with Crippen LogP contribution in [0.1, 0.15) is 17.3 Å². The Labute approximate surface area is 93.0 Å². The van der Waals surface area contributed by atoms with E-state index >= 15 is 0 Å². The molecule has 0 aliphatic rings. The number of carbonyl (C=O) groups is 2. The lowest BCUT2D eigenvalue weighted by Crippen LogP contribution is -2.10. The van der Waals surface area contributed by atoms with Crippen LogP contribution < -0.4 is 0 Å². The summed E-state index contributed by atoms with van der Waals surface area (Å²) in [5.74, 6) is -1.60. The van der Waals surface area contributed by atoms with Gasteiger partial charge in [0.25, 0.3) is 0 Å². The van der Waals surface area contributed by atoms with E-state index in [2.05, 4.69) is 4.74 Å². The summed E-state index contributed by atoms with van der Waals surface area (Å²) < 4.78 is 26.8. The maximum atomic E-state index is 11.3. The van der Waals surface area contributed by atoms with Crippen molar-refractivity contribution in [2.24, 2.45) is 0 Å². The lowest BCUT2D eigenvalue weighted by atomic mass is 10.2. The molecule has 0 aliphatic carbocycles. The summed E-state index contributed by atoms with van der Waals surface area (Å²) in [5, 5.41) is 0. The summed E-state index contributed by atoms with van der Waals surface area (Å²) in [6, 6.07) is 5.31. The standard InChI is InChI=1S/C10H10O5S/c1-7(11)15-10(12)8-4-3-5-9(6-8)16(2,13)14/h3-6H,1-2H3. The number of rotatable bonds is 2. The van der Waals surface area contributed by atoms with Crippen molar-refractivity contribution < 1.29 is 22.7 Å². The molecule has 0 N–H and O–H groups in total. The second-order valence-electron chi connectivity index (χ2n) is 3.18. The number of hydrogen-bond acceptors (Lipinski definition) is 5. The summed E-state index contributed by atoms with van der Waals surface area (Å²) in [5.41, 5.74) is 0.0260. The van der Waals surface area contributed by atoms with E-state index in [-0.39, 0.29) is 10.5 Å². The predicted octanol–water partition coefficient (Wildman–Crippen LogP) is 0.793. The van der Waals surface area contributed by atoms with Crippen molar-refractivity contribution in [1.29, 1.82) is 0 Å². The molecule has 0 fully saturated rings. The number of sulfone groups is 1. The highest BCUT2D eigenvalue weighted by Gasteiger charge is 2.13. The molecule has 0 saturated carbocycles. The van der Waals surface area contributed by atoms with Gasteiger partial charge in [0.15, 0.2) is 9.84 Å². The Kier molecular flexibility index (Phi) is 3.44. The highest BCUT2D eigenvalue weighted by molar-refractivity contribution is 7.90. The van der Waals surface area contributed by atoms with Gasteiger partial charge in [0, 0.05) is 13.2 Å². The molecule has 0 heterocycles. The Balaban J connectivity index is 3.09. The predicted molar refractivity (Wildman–Crippen MR) is 55.6 cm³/mol. The van der Waals surface area contributed by atoms with Gasteiger partial charge in [0.2, 0.25) is 0 Å². The fourth-order valence-corrected chi connectivity index (χ4v) is 1.71. The van der Waals surface area contributed by atoms with Gasteiger partial charge in [-0.15, -0.1) is 0 Å². The van der Waals surface area contributed by atoms with Crippen LogP contribution in [0.3, 0.4) is 0 Å². The minimum absolute atomic E-state index is 0.00509. The largest absolute Gasteiger partial charge is 0.390 e. The molecule has 1 rings (SSSR count). The molecule has 86 valence electrons. The van der Waals surface area contributed by atoms with Crippen LogP contribution in [-0.4, -0.2) is 26.6 Å². The van der Waals surface area contributed by atoms with Crippen LogP contribution in [0.25, 0.3) is 0 Å². The lowest BCUT2D eigenvalue weighted by molar-refractivity contribution is -0.135. The fourth-order valence-electron chi connectivity index (χ4n) is 1.04. The van der Waals surface area contributed by atoms with Crippen LogP contribution in [0, 0.1) is 0 Å². The van der Waals surface area contributed by atoms with Crippen molar-refractivity contribution in [3.8, 4) is 0 Å². The first-order valence-corrected chi connectivity index (χ1v) is 6.22. The molecular weight excluding hydrogens is 232 g/mol. The minimum atomic E-state index is -3.38. The minimum Gasteiger partial charge on any atom is -0.390 e. The highest BCUT2D eigenvalue weighted by atomic mass is 32.2. The number of benzene rings is 1. The zero-order chi connectivity index (χ0) is 12.3. The Morgan fingerprint density at radius 3 is 2.38 bits per heavy atom. The van der Waals surface area contributed by atoms with Crippen molar-refractivity contribution in [3.05, 3.63) is 29.8 Å². The first kappa shape index (κ1) is 12.4. The van der Waals surface area contributed by atoms with Crippen LogP contribution in [0.2, 0.25) is 0 Å². The van der Waals surface area contributed by atoms with Crippen molar-refractivity contribution in [1.82, 2.24) is 0 Å². The van der Waals surface area contributed by atoms with Gasteiger partial charge >= 0.3 is 11.9 Å². The molecule has 0 amide bonds. The van der Waals surface area contributed by atoms with E-state index < -0.39 is 21.8 Å². The van der Waals surface area contributed by atoms with E-state index in [4.69, 9.17) is 0 Å². The van der Waals surface area contributed by atoms with Gasteiger partial charge in [0.1, 0.15) is 0 Å². The third-order valence-electron chi connectivity index (χ3n) is 1.73. The third kappa shape index (κ3) is 3.16. The molecule has 0 radical (unpaired) electrons. The van der Waals surface area contributed by atoms with Crippen LogP contribution in [-0.2, 0) is 19.4 Å². The van der Waals surface area contributed by atoms with Crippen LogP contribution in [0.15, 0.2) is 29.2 Å². The number of esters is 2. The summed E-state index contributed by atoms with van der Waals surface area (Å²) in [7, 11) is -3.38. The topological polar surface area (TPSA) is 77.5 Å². The molecule has 0 bridgehead atoms. The second-order valence-corrected chi connectivity index (χ2v) is 5.20. The Morgan fingerprint density at radius 2 is 1.88 bits per heavy atom. The van der Waals surface area contributed by atoms with Gasteiger partial charge < -0.3 is 4.74 Å². The molecule has 16 heavy (non-hydrogen) atoms. The monoisotopic (exact) mass is 242 g/mol. The molecule has 1 aromatic rings. The first-order valence-electron chi connectivity index (χ1n) is 4.33. The molecule has 1 aromatic carbocycles. The lowest BCUT2D eigenvalue weighted by Gasteiger charge is -2.02. The van der Waals surface area contributed by atoms with Crippen LogP contribution >= 0.6 is 0 Å². The van der Waals surface area contributed by atoms with Crippen molar-refractivity contribution in [2.45, 2.75) is 11.8 Å². The van der Waals surface area contributed by atoms with Crippen LogP contribution in [0.5, 0.6) is 0 Å². The maximum Gasteiger partial charge on any atom is 0.345 e. The molecule has 0 unspecified atom stereocenters. The Bertz CT molecular complexity index is 530.